The van der Waals surface area contributed by atoms with Gasteiger partial charge in [-0.2, -0.15) is 9.78 Å². The smallest absolute Gasteiger partial charge is 0.344 e. The minimum absolute atomic E-state index is 0.0752. The molecule has 1 aliphatic heterocycles. The van der Waals surface area contributed by atoms with E-state index in [2.05, 4.69) is 23.8 Å². The summed E-state index contributed by atoms with van der Waals surface area (Å²) in [6, 6.07) is 7.00. The maximum atomic E-state index is 12.5. The van der Waals surface area contributed by atoms with Crippen LogP contribution in [0.25, 0.3) is 0 Å². The molecule has 1 aromatic carbocycles. The van der Waals surface area contributed by atoms with Crippen LogP contribution in [0.2, 0.25) is 5.02 Å². The fraction of sp³-hybridized carbons (Fsp3) is 0.450. The number of amides is 2. The average molecular weight is 420 g/mol. The quantitative estimate of drug-likeness (QED) is 0.776. The highest BCUT2D eigenvalue weighted by Crippen LogP contribution is 2.29. The van der Waals surface area contributed by atoms with Gasteiger partial charge < -0.3 is 15.4 Å². The molecular formula is C20H26ClN5O3. The third-order valence-electron chi connectivity index (χ3n) is 4.69. The number of ether oxygens (including phenoxy) is 1. The van der Waals surface area contributed by atoms with Crippen LogP contribution in [0, 0.1) is 5.92 Å². The number of benzene rings is 1. The number of hydrogen-bond donors (Lipinski definition) is 1. The zero-order chi connectivity index (χ0) is 21.0. The van der Waals surface area contributed by atoms with Crippen molar-refractivity contribution in [2.24, 2.45) is 11.7 Å². The van der Waals surface area contributed by atoms with E-state index in [1.807, 2.05) is 18.2 Å². The molecule has 0 bridgehead atoms. The Kier molecular flexibility index (Phi) is 6.76. The number of nitrogens with zero attached hydrogens (tertiary/aromatic N) is 4. The van der Waals surface area contributed by atoms with Crippen molar-refractivity contribution in [2.75, 3.05) is 32.8 Å². The molecule has 0 saturated carbocycles. The van der Waals surface area contributed by atoms with Crippen LogP contribution in [-0.2, 0) is 6.54 Å². The SMILES string of the molecule is CC(C)COc1cccc(CN2CCN(C(=O)n3ccc(C(N)=O)n3)CC2)c1Cl. The van der Waals surface area contributed by atoms with Gasteiger partial charge in [0.1, 0.15) is 5.75 Å². The molecule has 1 fully saturated rings. The van der Waals surface area contributed by atoms with Gasteiger partial charge in [0.05, 0.1) is 11.6 Å². The summed E-state index contributed by atoms with van der Waals surface area (Å²) in [5.41, 5.74) is 6.27. The van der Waals surface area contributed by atoms with Gasteiger partial charge in [0.25, 0.3) is 5.91 Å². The first-order valence-corrected chi connectivity index (χ1v) is 10.00. The topological polar surface area (TPSA) is 93.7 Å². The molecule has 1 aliphatic rings. The largest absolute Gasteiger partial charge is 0.492 e. The van der Waals surface area contributed by atoms with E-state index in [1.165, 1.54) is 12.3 Å². The number of piperazine rings is 1. The van der Waals surface area contributed by atoms with Crippen LogP contribution in [0.3, 0.4) is 0 Å². The van der Waals surface area contributed by atoms with Crippen LogP contribution in [0.1, 0.15) is 29.9 Å². The van der Waals surface area contributed by atoms with Crippen LogP contribution in [0.15, 0.2) is 30.5 Å². The Morgan fingerprint density at radius 1 is 1.21 bits per heavy atom. The molecule has 0 atom stereocenters. The Balaban J connectivity index is 1.56. The molecule has 3 rings (SSSR count). The molecule has 0 aliphatic carbocycles. The van der Waals surface area contributed by atoms with E-state index in [4.69, 9.17) is 22.1 Å². The van der Waals surface area contributed by atoms with Gasteiger partial charge >= 0.3 is 6.03 Å². The van der Waals surface area contributed by atoms with Crippen molar-refractivity contribution in [3.63, 3.8) is 0 Å². The Hall–Kier alpha value is -2.58. The highest BCUT2D eigenvalue weighted by atomic mass is 35.5. The van der Waals surface area contributed by atoms with Gasteiger partial charge in [-0.3, -0.25) is 9.69 Å². The van der Waals surface area contributed by atoms with E-state index in [-0.39, 0.29) is 11.7 Å². The van der Waals surface area contributed by atoms with Crippen molar-refractivity contribution in [3.8, 4) is 5.75 Å². The normalized spacial score (nSPS) is 15.0. The summed E-state index contributed by atoms with van der Waals surface area (Å²) < 4.78 is 6.95. The first-order chi connectivity index (χ1) is 13.8. The molecule has 1 aromatic heterocycles. The Morgan fingerprint density at radius 2 is 1.93 bits per heavy atom. The first-order valence-electron chi connectivity index (χ1n) is 9.62. The fourth-order valence-electron chi connectivity index (χ4n) is 3.09. The minimum Gasteiger partial charge on any atom is -0.492 e. The number of carbonyl (C=O) groups is 2. The van der Waals surface area contributed by atoms with Crippen LogP contribution in [0.5, 0.6) is 5.75 Å². The second-order valence-electron chi connectivity index (χ2n) is 7.49. The zero-order valence-corrected chi connectivity index (χ0v) is 17.4. The minimum atomic E-state index is -0.655. The van der Waals surface area contributed by atoms with Crippen molar-refractivity contribution in [1.82, 2.24) is 19.6 Å². The number of carbonyl (C=O) groups excluding carboxylic acids is 2. The summed E-state index contributed by atoms with van der Waals surface area (Å²) >= 11 is 6.53. The molecule has 0 unspecified atom stereocenters. The summed E-state index contributed by atoms with van der Waals surface area (Å²) in [4.78, 5) is 27.6. The number of hydrogen-bond acceptors (Lipinski definition) is 5. The van der Waals surface area contributed by atoms with Crippen LogP contribution < -0.4 is 10.5 Å². The predicted octanol–water partition coefficient (Wildman–Crippen LogP) is 2.46. The third kappa shape index (κ3) is 5.27. The molecule has 2 aromatic rings. The number of halogens is 1. The summed E-state index contributed by atoms with van der Waals surface area (Å²) in [7, 11) is 0. The Bertz CT molecular complexity index is 875. The zero-order valence-electron chi connectivity index (χ0n) is 16.7. The molecule has 8 nitrogen and oxygen atoms in total. The molecule has 2 heterocycles. The molecule has 0 spiro atoms. The molecule has 2 N–H and O–H groups in total. The summed E-state index contributed by atoms with van der Waals surface area (Å²) in [6.45, 7) is 8.04. The lowest BCUT2D eigenvalue weighted by Crippen LogP contribution is -2.49. The second-order valence-corrected chi connectivity index (χ2v) is 7.87. The van der Waals surface area contributed by atoms with Crippen molar-refractivity contribution < 1.29 is 14.3 Å². The van der Waals surface area contributed by atoms with Crippen LogP contribution >= 0.6 is 11.6 Å². The fourth-order valence-corrected chi connectivity index (χ4v) is 3.33. The molecule has 29 heavy (non-hydrogen) atoms. The maximum absolute atomic E-state index is 12.5. The molecule has 2 amide bonds. The lowest BCUT2D eigenvalue weighted by molar-refractivity contribution is 0.0995. The summed E-state index contributed by atoms with van der Waals surface area (Å²) in [5, 5.41) is 4.57. The van der Waals surface area contributed by atoms with Gasteiger partial charge in [-0.15, -0.1) is 0 Å². The number of primary amides is 1. The van der Waals surface area contributed by atoms with Crippen molar-refractivity contribution in [1.29, 1.82) is 0 Å². The lowest BCUT2D eigenvalue weighted by atomic mass is 10.1. The average Bonchev–Trinajstić information content (AvgIpc) is 3.19. The van der Waals surface area contributed by atoms with Gasteiger partial charge in [-0.1, -0.05) is 37.6 Å². The van der Waals surface area contributed by atoms with E-state index in [0.29, 0.717) is 56.0 Å². The second kappa shape index (κ2) is 9.28. The summed E-state index contributed by atoms with van der Waals surface area (Å²) in [5.74, 6) is 0.475. The van der Waals surface area contributed by atoms with Gasteiger partial charge in [-0.25, -0.2) is 4.79 Å². The van der Waals surface area contributed by atoms with Gasteiger partial charge in [0, 0.05) is 38.9 Å². The first kappa shape index (κ1) is 21.1. The van der Waals surface area contributed by atoms with Crippen LogP contribution in [-0.4, -0.2) is 64.3 Å². The highest BCUT2D eigenvalue weighted by molar-refractivity contribution is 6.32. The highest BCUT2D eigenvalue weighted by Gasteiger charge is 2.24. The van der Waals surface area contributed by atoms with E-state index in [9.17, 15) is 9.59 Å². The number of nitrogens with two attached hydrogens (primary N) is 1. The van der Waals surface area contributed by atoms with Crippen LogP contribution in [0.4, 0.5) is 4.79 Å². The Labute approximate surface area is 175 Å². The van der Waals surface area contributed by atoms with Gasteiger partial charge in [0.15, 0.2) is 5.69 Å². The van der Waals surface area contributed by atoms with Gasteiger partial charge in [0.2, 0.25) is 0 Å². The monoisotopic (exact) mass is 419 g/mol. The predicted molar refractivity (Wildman–Crippen MR) is 110 cm³/mol. The van der Waals surface area contributed by atoms with Crippen molar-refractivity contribution in [2.45, 2.75) is 20.4 Å². The molecule has 156 valence electrons. The molecule has 0 radical (unpaired) electrons. The Morgan fingerprint density at radius 3 is 2.55 bits per heavy atom. The van der Waals surface area contributed by atoms with Gasteiger partial charge in [-0.05, 0) is 23.6 Å². The number of rotatable bonds is 6. The maximum Gasteiger partial charge on any atom is 0.344 e. The van der Waals surface area contributed by atoms with E-state index in [1.54, 1.807) is 4.90 Å². The van der Waals surface area contributed by atoms with Crippen molar-refractivity contribution in [3.05, 3.63) is 46.7 Å². The standard InChI is InChI=1S/C20H26ClN5O3/c1-14(2)13-29-17-5-3-4-15(18(17)21)12-24-8-10-25(11-9-24)20(28)26-7-6-16(23-26)19(22)27/h3-7,14H,8-13H2,1-2H3,(H2,22,27). The third-order valence-corrected chi connectivity index (χ3v) is 5.12. The molecule has 9 heteroatoms. The van der Waals surface area contributed by atoms with E-state index in [0.717, 1.165) is 10.2 Å². The summed E-state index contributed by atoms with van der Waals surface area (Å²) in [6.07, 6.45) is 1.46. The lowest BCUT2D eigenvalue weighted by Gasteiger charge is -2.34. The van der Waals surface area contributed by atoms with E-state index >= 15 is 0 Å². The van der Waals surface area contributed by atoms with E-state index < -0.39 is 5.91 Å². The van der Waals surface area contributed by atoms with Crippen molar-refractivity contribution >= 4 is 23.5 Å². The number of aromatic nitrogens is 2. The molecular weight excluding hydrogens is 394 g/mol. The molecule has 1 saturated heterocycles.